The van der Waals surface area contributed by atoms with Crippen molar-refractivity contribution in [1.29, 1.82) is 0 Å². The van der Waals surface area contributed by atoms with Gasteiger partial charge in [-0.15, -0.1) is 0 Å². The number of benzene rings is 1. The SMILES string of the molecule is CC(N)C1CCN(C(=O)c2nccnc2C(=O)Nc2ccc(Cl)cc2)CC1. The zero-order valence-electron chi connectivity index (χ0n) is 15.1. The molecule has 142 valence electrons. The number of carbonyl (C=O) groups is 2. The van der Waals surface area contributed by atoms with Gasteiger partial charge in [0.2, 0.25) is 0 Å². The van der Waals surface area contributed by atoms with Gasteiger partial charge >= 0.3 is 0 Å². The van der Waals surface area contributed by atoms with Crippen LogP contribution >= 0.6 is 11.6 Å². The summed E-state index contributed by atoms with van der Waals surface area (Å²) in [5, 5.41) is 3.29. The van der Waals surface area contributed by atoms with Gasteiger partial charge in [0.1, 0.15) is 0 Å². The minimum atomic E-state index is -0.487. The summed E-state index contributed by atoms with van der Waals surface area (Å²) >= 11 is 5.85. The quantitative estimate of drug-likeness (QED) is 0.839. The first-order valence-corrected chi connectivity index (χ1v) is 9.26. The fraction of sp³-hybridized carbons (Fsp3) is 0.368. The molecule has 0 saturated carbocycles. The van der Waals surface area contributed by atoms with Crippen LogP contribution in [0.3, 0.4) is 0 Å². The number of aromatic nitrogens is 2. The summed E-state index contributed by atoms with van der Waals surface area (Å²) in [6.07, 6.45) is 4.50. The van der Waals surface area contributed by atoms with Crippen molar-refractivity contribution in [2.24, 2.45) is 11.7 Å². The van der Waals surface area contributed by atoms with Crippen molar-refractivity contribution in [2.45, 2.75) is 25.8 Å². The number of carbonyl (C=O) groups excluding carboxylic acids is 2. The van der Waals surface area contributed by atoms with Gasteiger partial charge in [-0.05, 0) is 49.9 Å². The number of hydrogen-bond acceptors (Lipinski definition) is 5. The lowest BCUT2D eigenvalue weighted by Gasteiger charge is -2.33. The van der Waals surface area contributed by atoms with E-state index in [1.54, 1.807) is 29.2 Å². The van der Waals surface area contributed by atoms with Crippen molar-refractivity contribution in [3.8, 4) is 0 Å². The molecule has 1 unspecified atom stereocenters. The van der Waals surface area contributed by atoms with E-state index in [0.717, 1.165) is 12.8 Å². The first kappa shape index (κ1) is 19.3. The van der Waals surface area contributed by atoms with Crippen molar-refractivity contribution in [3.63, 3.8) is 0 Å². The second kappa shape index (κ2) is 8.45. The third-order valence-corrected chi connectivity index (χ3v) is 5.04. The largest absolute Gasteiger partial charge is 0.337 e. The Morgan fingerprint density at radius 2 is 1.74 bits per heavy atom. The molecule has 1 fully saturated rings. The summed E-state index contributed by atoms with van der Waals surface area (Å²) in [5.41, 5.74) is 6.59. The molecule has 0 spiro atoms. The zero-order valence-corrected chi connectivity index (χ0v) is 15.8. The minimum Gasteiger partial charge on any atom is -0.337 e. The van der Waals surface area contributed by atoms with Crippen LogP contribution in [0.2, 0.25) is 5.02 Å². The van der Waals surface area contributed by atoms with E-state index in [0.29, 0.717) is 29.7 Å². The van der Waals surface area contributed by atoms with E-state index in [1.807, 2.05) is 6.92 Å². The van der Waals surface area contributed by atoms with Crippen LogP contribution in [0, 0.1) is 5.92 Å². The fourth-order valence-electron chi connectivity index (χ4n) is 3.16. The van der Waals surface area contributed by atoms with Crippen LogP contribution < -0.4 is 11.1 Å². The maximum absolute atomic E-state index is 12.9. The summed E-state index contributed by atoms with van der Waals surface area (Å²) in [4.78, 5) is 35.4. The number of halogens is 1. The molecule has 2 amide bonds. The van der Waals surface area contributed by atoms with Crippen LogP contribution in [-0.4, -0.2) is 45.8 Å². The molecule has 2 aromatic rings. The van der Waals surface area contributed by atoms with Crippen LogP contribution in [0.1, 0.15) is 40.7 Å². The van der Waals surface area contributed by atoms with Gasteiger partial charge in [-0.1, -0.05) is 11.6 Å². The Hall–Kier alpha value is -2.51. The summed E-state index contributed by atoms with van der Waals surface area (Å²) in [5.74, 6) is -0.365. The summed E-state index contributed by atoms with van der Waals surface area (Å²) in [6, 6.07) is 6.80. The third-order valence-electron chi connectivity index (χ3n) is 4.79. The van der Waals surface area contributed by atoms with Crippen LogP contribution in [0.5, 0.6) is 0 Å². The molecular weight excluding hydrogens is 366 g/mol. The molecule has 3 rings (SSSR count). The number of amides is 2. The van der Waals surface area contributed by atoms with Gasteiger partial charge < -0.3 is 16.0 Å². The topological polar surface area (TPSA) is 101 Å². The zero-order chi connectivity index (χ0) is 19.4. The Bertz CT molecular complexity index is 817. The number of nitrogens with two attached hydrogens (primary N) is 1. The van der Waals surface area contributed by atoms with Crippen molar-refractivity contribution in [2.75, 3.05) is 18.4 Å². The molecule has 1 saturated heterocycles. The van der Waals surface area contributed by atoms with Gasteiger partial charge in [0.25, 0.3) is 11.8 Å². The predicted octanol–water partition coefficient (Wildman–Crippen LogP) is 2.58. The Morgan fingerprint density at radius 1 is 1.15 bits per heavy atom. The number of rotatable bonds is 4. The average Bonchev–Trinajstić information content (AvgIpc) is 2.69. The van der Waals surface area contributed by atoms with Gasteiger partial charge in [0.15, 0.2) is 11.4 Å². The van der Waals surface area contributed by atoms with Gasteiger partial charge in [-0.2, -0.15) is 0 Å². The van der Waals surface area contributed by atoms with Gasteiger partial charge in [0, 0.05) is 42.2 Å². The third kappa shape index (κ3) is 4.61. The van der Waals surface area contributed by atoms with Crippen molar-refractivity contribution < 1.29 is 9.59 Å². The molecule has 2 heterocycles. The summed E-state index contributed by atoms with van der Waals surface area (Å²) < 4.78 is 0. The van der Waals surface area contributed by atoms with Crippen molar-refractivity contribution in [1.82, 2.24) is 14.9 Å². The lowest BCUT2D eigenvalue weighted by molar-refractivity contribution is 0.0670. The highest BCUT2D eigenvalue weighted by atomic mass is 35.5. The first-order valence-electron chi connectivity index (χ1n) is 8.88. The minimum absolute atomic E-state index is 0.00627. The normalized spacial score (nSPS) is 16.0. The smallest absolute Gasteiger partial charge is 0.276 e. The summed E-state index contributed by atoms with van der Waals surface area (Å²) in [6.45, 7) is 3.18. The first-order chi connectivity index (χ1) is 13.0. The number of likely N-dealkylation sites (tertiary alicyclic amines) is 1. The number of piperidine rings is 1. The maximum Gasteiger partial charge on any atom is 0.276 e. The molecule has 0 aliphatic carbocycles. The molecule has 1 atom stereocenters. The Kier molecular flexibility index (Phi) is 6.03. The highest BCUT2D eigenvalue weighted by molar-refractivity contribution is 6.30. The standard InChI is InChI=1S/C19H22ClN5O2/c1-12(21)13-6-10-25(11-7-13)19(27)17-16(22-8-9-23-17)18(26)24-15-4-2-14(20)3-5-15/h2-5,8-9,12-13H,6-7,10-11,21H2,1H3,(H,24,26). The molecule has 0 radical (unpaired) electrons. The number of nitrogens with zero attached hydrogens (tertiary/aromatic N) is 3. The molecule has 7 nitrogen and oxygen atoms in total. The number of anilines is 1. The average molecular weight is 388 g/mol. The Labute approximate surface area is 162 Å². The van der Waals surface area contributed by atoms with E-state index in [-0.39, 0.29) is 23.3 Å². The predicted molar refractivity (Wildman–Crippen MR) is 104 cm³/mol. The molecule has 1 aromatic carbocycles. The highest BCUT2D eigenvalue weighted by Gasteiger charge is 2.29. The molecule has 1 aliphatic heterocycles. The van der Waals surface area contributed by atoms with Crippen LogP contribution in [0.15, 0.2) is 36.7 Å². The maximum atomic E-state index is 12.9. The monoisotopic (exact) mass is 387 g/mol. The number of nitrogens with one attached hydrogen (secondary N) is 1. The molecule has 1 aromatic heterocycles. The van der Waals surface area contributed by atoms with E-state index in [4.69, 9.17) is 17.3 Å². The van der Waals surface area contributed by atoms with E-state index < -0.39 is 5.91 Å². The Balaban J connectivity index is 1.74. The van der Waals surface area contributed by atoms with Crippen LogP contribution in [0.25, 0.3) is 0 Å². The van der Waals surface area contributed by atoms with E-state index in [9.17, 15) is 9.59 Å². The van der Waals surface area contributed by atoms with Crippen LogP contribution in [-0.2, 0) is 0 Å². The lowest BCUT2D eigenvalue weighted by Crippen LogP contribution is -2.43. The van der Waals surface area contributed by atoms with E-state index in [2.05, 4.69) is 15.3 Å². The Morgan fingerprint density at radius 3 is 2.33 bits per heavy atom. The van der Waals surface area contributed by atoms with Gasteiger partial charge in [-0.3, -0.25) is 9.59 Å². The highest BCUT2D eigenvalue weighted by Crippen LogP contribution is 2.21. The number of hydrogen-bond donors (Lipinski definition) is 2. The van der Waals surface area contributed by atoms with E-state index in [1.165, 1.54) is 12.4 Å². The van der Waals surface area contributed by atoms with Crippen molar-refractivity contribution >= 4 is 29.1 Å². The van der Waals surface area contributed by atoms with Crippen LogP contribution in [0.4, 0.5) is 5.69 Å². The van der Waals surface area contributed by atoms with Gasteiger partial charge in [0.05, 0.1) is 0 Å². The van der Waals surface area contributed by atoms with E-state index >= 15 is 0 Å². The molecule has 27 heavy (non-hydrogen) atoms. The second-order valence-corrected chi connectivity index (χ2v) is 7.14. The molecule has 0 bridgehead atoms. The summed E-state index contributed by atoms with van der Waals surface area (Å²) in [7, 11) is 0. The van der Waals surface area contributed by atoms with Gasteiger partial charge in [-0.25, -0.2) is 9.97 Å². The lowest BCUT2D eigenvalue weighted by atomic mass is 9.91. The van der Waals surface area contributed by atoms with Crippen molar-refractivity contribution in [3.05, 3.63) is 53.1 Å². The molecule has 8 heteroatoms. The fourth-order valence-corrected chi connectivity index (χ4v) is 3.29. The second-order valence-electron chi connectivity index (χ2n) is 6.70. The molecule has 1 aliphatic rings. The molecule has 3 N–H and O–H groups in total. The molecular formula is C19H22ClN5O2.